The summed E-state index contributed by atoms with van der Waals surface area (Å²) in [5, 5.41) is 3.47. The summed E-state index contributed by atoms with van der Waals surface area (Å²) in [6, 6.07) is 1.61. The van der Waals surface area contributed by atoms with Crippen molar-refractivity contribution in [2.45, 2.75) is 58.5 Å². The zero-order valence-corrected chi connectivity index (χ0v) is 10.1. The largest absolute Gasteiger partial charge is 0.315 e. The topological polar surface area (TPSA) is 15.3 Å². The highest BCUT2D eigenvalue weighted by Gasteiger charge is 2.25. The summed E-state index contributed by atoms with van der Waals surface area (Å²) >= 11 is 0. The Hall–Kier alpha value is -0.0800. The Morgan fingerprint density at radius 1 is 1.29 bits per heavy atom. The van der Waals surface area contributed by atoms with Gasteiger partial charge in [0.05, 0.1) is 0 Å². The molecule has 0 aromatic carbocycles. The standard InChI is InChI=1S/C12H26N2/c1-4-9-14(11(5-2)6-3)12-7-8-13-10-12/h11-13H,4-10H2,1-3H3. The summed E-state index contributed by atoms with van der Waals surface area (Å²) in [4.78, 5) is 2.74. The Balaban J connectivity index is 2.51. The summed E-state index contributed by atoms with van der Waals surface area (Å²) in [6.45, 7) is 10.6. The predicted molar refractivity (Wildman–Crippen MR) is 62.6 cm³/mol. The minimum absolute atomic E-state index is 0.805. The lowest BCUT2D eigenvalue weighted by Crippen LogP contribution is -2.44. The highest BCUT2D eigenvalue weighted by molar-refractivity contribution is 4.84. The highest BCUT2D eigenvalue weighted by atomic mass is 15.2. The predicted octanol–water partition coefficient (Wildman–Crippen LogP) is 2.25. The van der Waals surface area contributed by atoms with Crippen LogP contribution in [0.2, 0.25) is 0 Å². The summed E-state index contributed by atoms with van der Waals surface area (Å²) in [7, 11) is 0. The van der Waals surface area contributed by atoms with E-state index in [0.29, 0.717) is 0 Å². The van der Waals surface area contributed by atoms with Crippen LogP contribution in [0.25, 0.3) is 0 Å². The molecule has 14 heavy (non-hydrogen) atoms. The monoisotopic (exact) mass is 198 g/mol. The zero-order chi connectivity index (χ0) is 10.4. The molecule has 1 rings (SSSR count). The van der Waals surface area contributed by atoms with Crippen LogP contribution in [-0.2, 0) is 0 Å². The summed E-state index contributed by atoms with van der Waals surface area (Å²) in [6.07, 6.45) is 5.23. The van der Waals surface area contributed by atoms with E-state index in [1.54, 1.807) is 0 Å². The Kier molecular flexibility index (Phi) is 5.49. The average Bonchev–Trinajstić information content (AvgIpc) is 2.71. The van der Waals surface area contributed by atoms with Crippen molar-refractivity contribution in [3.05, 3.63) is 0 Å². The van der Waals surface area contributed by atoms with Crippen LogP contribution in [0.15, 0.2) is 0 Å². The van der Waals surface area contributed by atoms with Gasteiger partial charge in [0.25, 0.3) is 0 Å². The van der Waals surface area contributed by atoms with Crippen molar-refractivity contribution in [2.24, 2.45) is 0 Å². The van der Waals surface area contributed by atoms with Crippen molar-refractivity contribution >= 4 is 0 Å². The molecule has 2 heteroatoms. The number of nitrogens with one attached hydrogen (secondary N) is 1. The third kappa shape index (κ3) is 2.96. The summed E-state index contributed by atoms with van der Waals surface area (Å²) < 4.78 is 0. The van der Waals surface area contributed by atoms with Crippen molar-refractivity contribution in [3.8, 4) is 0 Å². The van der Waals surface area contributed by atoms with Gasteiger partial charge in [-0.15, -0.1) is 0 Å². The van der Waals surface area contributed by atoms with Crippen LogP contribution in [0.5, 0.6) is 0 Å². The first kappa shape index (κ1) is 12.0. The van der Waals surface area contributed by atoms with Crippen LogP contribution in [0.4, 0.5) is 0 Å². The molecule has 1 atom stereocenters. The molecule has 0 amide bonds. The third-order valence-corrected chi connectivity index (χ3v) is 3.40. The number of nitrogens with zero attached hydrogens (tertiary/aromatic N) is 1. The minimum atomic E-state index is 0.805. The Morgan fingerprint density at radius 3 is 2.43 bits per heavy atom. The van der Waals surface area contributed by atoms with E-state index in [9.17, 15) is 0 Å². The van der Waals surface area contributed by atoms with E-state index in [2.05, 4.69) is 31.0 Å². The molecule has 0 radical (unpaired) electrons. The number of hydrogen-bond acceptors (Lipinski definition) is 2. The van der Waals surface area contributed by atoms with Crippen LogP contribution < -0.4 is 5.32 Å². The molecule has 0 aromatic heterocycles. The molecule has 1 fully saturated rings. The molecular formula is C12H26N2. The first-order valence-corrected chi connectivity index (χ1v) is 6.29. The second-order valence-corrected chi connectivity index (χ2v) is 4.35. The lowest BCUT2D eigenvalue weighted by atomic mass is 10.1. The van der Waals surface area contributed by atoms with Crippen molar-refractivity contribution in [1.82, 2.24) is 10.2 Å². The lowest BCUT2D eigenvalue weighted by Gasteiger charge is -2.35. The van der Waals surface area contributed by atoms with Gasteiger partial charge >= 0.3 is 0 Å². The maximum absolute atomic E-state index is 3.47. The zero-order valence-electron chi connectivity index (χ0n) is 10.1. The molecule has 1 aliphatic rings. The fraction of sp³-hybridized carbons (Fsp3) is 1.00. The smallest absolute Gasteiger partial charge is 0.0235 e. The van der Waals surface area contributed by atoms with E-state index in [1.165, 1.54) is 45.3 Å². The maximum atomic E-state index is 3.47. The molecule has 0 aromatic rings. The van der Waals surface area contributed by atoms with E-state index in [1.807, 2.05) is 0 Å². The van der Waals surface area contributed by atoms with E-state index in [-0.39, 0.29) is 0 Å². The summed E-state index contributed by atoms with van der Waals surface area (Å²) in [5.41, 5.74) is 0. The van der Waals surface area contributed by atoms with Gasteiger partial charge in [0.2, 0.25) is 0 Å². The van der Waals surface area contributed by atoms with Gasteiger partial charge in [-0.05, 0) is 38.8 Å². The Labute approximate surface area is 89.1 Å². The molecule has 0 spiro atoms. The first-order chi connectivity index (χ1) is 6.83. The van der Waals surface area contributed by atoms with Crippen LogP contribution in [-0.4, -0.2) is 36.6 Å². The Bertz CT molecular complexity index is 135. The van der Waals surface area contributed by atoms with Crippen molar-refractivity contribution < 1.29 is 0 Å². The van der Waals surface area contributed by atoms with E-state index in [0.717, 1.165) is 12.1 Å². The number of rotatable bonds is 6. The van der Waals surface area contributed by atoms with Gasteiger partial charge in [-0.2, -0.15) is 0 Å². The van der Waals surface area contributed by atoms with Crippen molar-refractivity contribution in [1.29, 1.82) is 0 Å². The second-order valence-electron chi connectivity index (χ2n) is 4.35. The van der Waals surface area contributed by atoms with Gasteiger partial charge in [-0.1, -0.05) is 20.8 Å². The van der Waals surface area contributed by atoms with Crippen LogP contribution in [0.1, 0.15) is 46.5 Å². The van der Waals surface area contributed by atoms with Crippen LogP contribution in [0, 0.1) is 0 Å². The summed E-state index contributed by atoms with van der Waals surface area (Å²) in [5.74, 6) is 0. The SMILES string of the molecule is CCCN(C(CC)CC)C1CCNC1. The normalized spacial score (nSPS) is 22.5. The molecule has 1 N–H and O–H groups in total. The van der Waals surface area contributed by atoms with Gasteiger partial charge in [0.15, 0.2) is 0 Å². The lowest BCUT2D eigenvalue weighted by molar-refractivity contribution is 0.135. The van der Waals surface area contributed by atoms with E-state index >= 15 is 0 Å². The molecule has 0 bridgehead atoms. The molecule has 1 saturated heterocycles. The van der Waals surface area contributed by atoms with Crippen molar-refractivity contribution in [2.75, 3.05) is 19.6 Å². The molecule has 1 aliphatic heterocycles. The van der Waals surface area contributed by atoms with Gasteiger partial charge in [0, 0.05) is 18.6 Å². The highest BCUT2D eigenvalue weighted by Crippen LogP contribution is 2.17. The van der Waals surface area contributed by atoms with Gasteiger partial charge in [0.1, 0.15) is 0 Å². The molecule has 1 unspecified atom stereocenters. The average molecular weight is 198 g/mol. The molecule has 2 nitrogen and oxygen atoms in total. The quantitative estimate of drug-likeness (QED) is 0.704. The molecule has 1 heterocycles. The third-order valence-electron chi connectivity index (χ3n) is 3.40. The molecule has 0 saturated carbocycles. The van der Waals surface area contributed by atoms with E-state index < -0.39 is 0 Å². The van der Waals surface area contributed by atoms with Gasteiger partial charge in [-0.25, -0.2) is 0 Å². The first-order valence-electron chi connectivity index (χ1n) is 6.29. The minimum Gasteiger partial charge on any atom is -0.315 e. The molecule has 84 valence electrons. The maximum Gasteiger partial charge on any atom is 0.0235 e. The molecular weight excluding hydrogens is 172 g/mol. The van der Waals surface area contributed by atoms with Crippen LogP contribution in [0.3, 0.4) is 0 Å². The van der Waals surface area contributed by atoms with Gasteiger partial charge in [-0.3, -0.25) is 4.90 Å². The van der Waals surface area contributed by atoms with E-state index in [4.69, 9.17) is 0 Å². The number of hydrogen-bond donors (Lipinski definition) is 1. The van der Waals surface area contributed by atoms with Crippen LogP contribution >= 0.6 is 0 Å². The second kappa shape index (κ2) is 6.41. The van der Waals surface area contributed by atoms with Gasteiger partial charge < -0.3 is 5.32 Å². The Morgan fingerprint density at radius 2 is 2.00 bits per heavy atom. The van der Waals surface area contributed by atoms with Crippen molar-refractivity contribution in [3.63, 3.8) is 0 Å². The molecule has 0 aliphatic carbocycles. The fourth-order valence-electron chi connectivity index (χ4n) is 2.60. The fourth-order valence-corrected chi connectivity index (χ4v) is 2.60.